The monoisotopic (exact) mass is 367 g/mol. The van der Waals surface area contributed by atoms with Crippen LogP contribution in [0.25, 0.3) is 0 Å². The van der Waals surface area contributed by atoms with Gasteiger partial charge in [-0.15, -0.1) is 0 Å². The molecule has 0 unspecified atom stereocenters. The molecular weight excluding hydrogens is 345 g/mol. The molecule has 0 spiro atoms. The van der Waals surface area contributed by atoms with Crippen molar-refractivity contribution in [3.63, 3.8) is 0 Å². The highest BCUT2D eigenvalue weighted by Gasteiger charge is 2.09. The predicted octanol–water partition coefficient (Wildman–Crippen LogP) is 5.47. The van der Waals surface area contributed by atoms with Crippen molar-refractivity contribution in [3.05, 3.63) is 57.6 Å². The molecule has 1 N–H and O–H groups in total. The second-order valence-corrected chi connectivity index (χ2v) is 6.54. The third-order valence-electron chi connectivity index (χ3n) is 3.89. The van der Waals surface area contributed by atoms with E-state index in [1.54, 1.807) is 19.2 Å². The molecule has 24 heavy (non-hydrogen) atoms. The fourth-order valence-corrected chi connectivity index (χ4v) is 2.63. The Kier molecular flexibility index (Phi) is 7.22. The van der Waals surface area contributed by atoms with Gasteiger partial charge in [0.05, 0.1) is 7.11 Å². The van der Waals surface area contributed by atoms with Crippen LogP contribution in [0.2, 0.25) is 10.0 Å². The molecule has 2 aromatic rings. The SMILES string of the molecule is CC[C@@H](C)NCc1ccc(OCc2ccc(Cl)cc2Cl)c(OC)c1. The molecule has 0 saturated heterocycles. The summed E-state index contributed by atoms with van der Waals surface area (Å²) in [6, 6.07) is 11.8. The first kappa shape index (κ1) is 18.9. The first-order chi connectivity index (χ1) is 11.5. The summed E-state index contributed by atoms with van der Waals surface area (Å²) < 4.78 is 11.3. The second kappa shape index (κ2) is 9.16. The zero-order chi connectivity index (χ0) is 17.5. The lowest BCUT2D eigenvalue weighted by molar-refractivity contribution is 0.284. The van der Waals surface area contributed by atoms with Gasteiger partial charge in [-0.3, -0.25) is 0 Å². The van der Waals surface area contributed by atoms with Gasteiger partial charge in [0.25, 0.3) is 0 Å². The molecule has 0 aliphatic rings. The van der Waals surface area contributed by atoms with Gasteiger partial charge < -0.3 is 14.8 Å². The average Bonchev–Trinajstić information content (AvgIpc) is 2.59. The number of nitrogens with one attached hydrogen (secondary N) is 1. The number of rotatable bonds is 8. The van der Waals surface area contributed by atoms with Gasteiger partial charge in [-0.2, -0.15) is 0 Å². The zero-order valence-electron chi connectivity index (χ0n) is 14.2. The maximum atomic E-state index is 6.18. The summed E-state index contributed by atoms with van der Waals surface area (Å²) in [5.41, 5.74) is 2.04. The topological polar surface area (TPSA) is 30.5 Å². The van der Waals surface area contributed by atoms with Crippen molar-refractivity contribution in [2.75, 3.05) is 7.11 Å². The minimum atomic E-state index is 0.358. The highest BCUT2D eigenvalue weighted by atomic mass is 35.5. The highest BCUT2D eigenvalue weighted by Crippen LogP contribution is 2.30. The highest BCUT2D eigenvalue weighted by molar-refractivity contribution is 6.35. The lowest BCUT2D eigenvalue weighted by Crippen LogP contribution is -2.24. The zero-order valence-corrected chi connectivity index (χ0v) is 15.7. The van der Waals surface area contributed by atoms with Crippen LogP contribution in [-0.4, -0.2) is 13.2 Å². The van der Waals surface area contributed by atoms with Crippen LogP contribution >= 0.6 is 23.2 Å². The van der Waals surface area contributed by atoms with Gasteiger partial charge in [0.15, 0.2) is 11.5 Å². The first-order valence-electron chi connectivity index (χ1n) is 8.00. The summed E-state index contributed by atoms with van der Waals surface area (Å²) in [5.74, 6) is 1.40. The van der Waals surface area contributed by atoms with Crippen molar-refractivity contribution < 1.29 is 9.47 Å². The average molecular weight is 368 g/mol. The van der Waals surface area contributed by atoms with Crippen molar-refractivity contribution in [3.8, 4) is 11.5 Å². The molecule has 5 heteroatoms. The number of benzene rings is 2. The number of hydrogen-bond acceptors (Lipinski definition) is 3. The predicted molar refractivity (Wildman–Crippen MR) is 100 cm³/mol. The summed E-state index contributed by atoms with van der Waals surface area (Å²) >= 11 is 12.1. The molecule has 1 atom stereocenters. The molecule has 0 aliphatic carbocycles. The summed E-state index contributed by atoms with van der Waals surface area (Å²) in [5, 5.41) is 4.67. The van der Waals surface area contributed by atoms with Crippen molar-refractivity contribution in [1.29, 1.82) is 0 Å². The van der Waals surface area contributed by atoms with Gasteiger partial charge in [0.2, 0.25) is 0 Å². The van der Waals surface area contributed by atoms with Gasteiger partial charge >= 0.3 is 0 Å². The fourth-order valence-electron chi connectivity index (χ4n) is 2.17. The number of hydrogen-bond donors (Lipinski definition) is 1. The molecule has 0 bridgehead atoms. The van der Waals surface area contributed by atoms with Gasteiger partial charge in [-0.1, -0.05) is 42.3 Å². The summed E-state index contributed by atoms with van der Waals surface area (Å²) in [6.45, 7) is 5.49. The number of ether oxygens (including phenoxy) is 2. The fraction of sp³-hybridized carbons (Fsp3) is 0.368. The van der Waals surface area contributed by atoms with Crippen LogP contribution in [0.3, 0.4) is 0 Å². The Morgan fingerprint density at radius 3 is 2.54 bits per heavy atom. The van der Waals surface area contributed by atoms with E-state index in [1.807, 2.05) is 24.3 Å². The summed E-state index contributed by atoms with van der Waals surface area (Å²) in [4.78, 5) is 0. The number of methoxy groups -OCH3 is 1. The van der Waals surface area contributed by atoms with E-state index in [-0.39, 0.29) is 0 Å². The Morgan fingerprint density at radius 1 is 1.08 bits per heavy atom. The largest absolute Gasteiger partial charge is 0.493 e. The first-order valence-corrected chi connectivity index (χ1v) is 8.76. The maximum Gasteiger partial charge on any atom is 0.161 e. The molecule has 0 heterocycles. The molecule has 0 aliphatic heterocycles. The van der Waals surface area contributed by atoms with Crippen LogP contribution in [0, 0.1) is 0 Å². The Hall–Kier alpha value is -1.42. The second-order valence-electron chi connectivity index (χ2n) is 5.70. The molecule has 0 radical (unpaired) electrons. The third kappa shape index (κ3) is 5.30. The maximum absolute atomic E-state index is 6.18. The lowest BCUT2D eigenvalue weighted by atomic mass is 10.1. The molecule has 2 rings (SSSR count). The smallest absolute Gasteiger partial charge is 0.161 e. The molecule has 0 fully saturated rings. The van der Waals surface area contributed by atoms with Crippen LogP contribution in [0.1, 0.15) is 31.4 Å². The van der Waals surface area contributed by atoms with E-state index >= 15 is 0 Å². The van der Waals surface area contributed by atoms with Gasteiger partial charge in [0.1, 0.15) is 6.61 Å². The molecule has 0 amide bonds. The van der Waals surface area contributed by atoms with Gasteiger partial charge in [0, 0.05) is 28.2 Å². The van der Waals surface area contributed by atoms with E-state index in [0.717, 1.165) is 24.1 Å². The van der Waals surface area contributed by atoms with Crippen molar-refractivity contribution in [2.45, 2.75) is 39.5 Å². The van der Waals surface area contributed by atoms with E-state index in [0.29, 0.717) is 34.2 Å². The van der Waals surface area contributed by atoms with E-state index < -0.39 is 0 Å². The molecule has 3 nitrogen and oxygen atoms in total. The minimum Gasteiger partial charge on any atom is -0.493 e. The van der Waals surface area contributed by atoms with Crippen LogP contribution < -0.4 is 14.8 Å². The molecule has 2 aromatic carbocycles. The van der Waals surface area contributed by atoms with E-state index in [2.05, 4.69) is 19.2 Å². The van der Waals surface area contributed by atoms with Gasteiger partial charge in [-0.05, 0) is 43.2 Å². The van der Waals surface area contributed by atoms with E-state index in [1.165, 1.54) is 0 Å². The van der Waals surface area contributed by atoms with Gasteiger partial charge in [-0.25, -0.2) is 0 Å². The minimum absolute atomic E-state index is 0.358. The normalized spacial score (nSPS) is 12.0. The molecule has 0 saturated carbocycles. The third-order valence-corrected chi connectivity index (χ3v) is 4.48. The number of halogens is 2. The van der Waals surface area contributed by atoms with E-state index in [4.69, 9.17) is 32.7 Å². The van der Waals surface area contributed by atoms with E-state index in [9.17, 15) is 0 Å². The van der Waals surface area contributed by atoms with Crippen molar-refractivity contribution >= 4 is 23.2 Å². The van der Waals surface area contributed by atoms with Crippen LogP contribution in [0.5, 0.6) is 11.5 Å². The Morgan fingerprint density at radius 2 is 1.88 bits per heavy atom. The molecule has 130 valence electrons. The van der Waals surface area contributed by atoms with Crippen LogP contribution in [0.15, 0.2) is 36.4 Å². The summed E-state index contributed by atoms with van der Waals surface area (Å²) in [6.07, 6.45) is 1.10. The van der Waals surface area contributed by atoms with Crippen molar-refractivity contribution in [1.82, 2.24) is 5.32 Å². The molecular formula is C19H23Cl2NO2. The lowest BCUT2D eigenvalue weighted by Gasteiger charge is -2.15. The van der Waals surface area contributed by atoms with Crippen LogP contribution in [-0.2, 0) is 13.2 Å². The quantitative estimate of drug-likeness (QED) is 0.670. The summed E-state index contributed by atoms with van der Waals surface area (Å²) in [7, 11) is 1.64. The standard InChI is InChI=1S/C19H23Cl2NO2/c1-4-13(2)22-11-14-5-8-18(19(9-14)23-3)24-12-15-6-7-16(20)10-17(15)21/h5-10,13,22H,4,11-12H2,1-3H3/t13-/m1/s1. The van der Waals surface area contributed by atoms with Crippen LogP contribution in [0.4, 0.5) is 0 Å². The Labute approximate surface area is 153 Å². The molecule has 0 aromatic heterocycles. The Bertz CT molecular complexity index is 676. The van der Waals surface area contributed by atoms with Crippen molar-refractivity contribution in [2.24, 2.45) is 0 Å². The Balaban J connectivity index is 2.04.